The molecule has 4 aromatic rings. The number of aromatic nitrogens is 2. The summed E-state index contributed by atoms with van der Waals surface area (Å²) in [6.45, 7) is 3.82. The molecule has 148 valence electrons. The van der Waals surface area contributed by atoms with Crippen molar-refractivity contribution in [3.05, 3.63) is 64.4 Å². The molecule has 0 aliphatic heterocycles. The zero-order valence-corrected chi connectivity index (χ0v) is 17.6. The van der Waals surface area contributed by atoms with Crippen molar-refractivity contribution in [2.24, 2.45) is 5.92 Å². The van der Waals surface area contributed by atoms with Gasteiger partial charge in [-0.25, -0.2) is 4.98 Å². The van der Waals surface area contributed by atoms with Crippen molar-refractivity contribution >= 4 is 45.1 Å². The Labute approximate surface area is 176 Å². The second-order valence-corrected chi connectivity index (χ2v) is 8.78. The number of amides is 2. The third-order valence-electron chi connectivity index (χ3n) is 4.52. The van der Waals surface area contributed by atoms with Gasteiger partial charge in [0.25, 0.3) is 5.91 Å². The Hall–Kier alpha value is -2.97. The Morgan fingerprint density at radius 3 is 2.52 bits per heavy atom. The molecule has 1 aromatic carbocycles. The first-order valence-electron chi connectivity index (χ1n) is 9.19. The molecule has 4 rings (SSSR count). The number of benzene rings is 1. The van der Waals surface area contributed by atoms with E-state index in [-0.39, 0.29) is 17.7 Å². The van der Waals surface area contributed by atoms with Crippen LogP contribution < -0.4 is 10.6 Å². The van der Waals surface area contributed by atoms with Crippen molar-refractivity contribution < 1.29 is 9.59 Å². The minimum atomic E-state index is -0.621. The average Bonchev–Trinajstić information content (AvgIpc) is 3.43. The van der Waals surface area contributed by atoms with E-state index in [1.54, 1.807) is 17.4 Å². The molecule has 6 nitrogen and oxygen atoms in total. The highest BCUT2D eigenvalue weighted by Gasteiger charge is 2.25. The van der Waals surface area contributed by atoms with Gasteiger partial charge in [0.2, 0.25) is 5.91 Å². The van der Waals surface area contributed by atoms with E-state index in [4.69, 9.17) is 0 Å². The minimum absolute atomic E-state index is 0.0448. The van der Waals surface area contributed by atoms with E-state index in [0.29, 0.717) is 10.6 Å². The second kappa shape index (κ2) is 8.18. The third kappa shape index (κ3) is 4.23. The lowest BCUT2D eigenvalue weighted by atomic mass is 10.0. The van der Waals surface area contributed by atoms with Crippen LogP contribution in [-0.4, -0.2) is 27.2 Å². The van der Waals surface area contributed by atoms with E-state index in [1.807, 2.05) is 71.7 Å². The largest absolute Gasteiger partial charge is 0.339 e. The summed E-state index contributed by atoms with van der Waals surface area (Å²) in [5.41, 5.74) is 2.54. The zero-order chi connectivity index (χ0) is 20.4. The summed E-state index contributed by atoms with van der Waals surface area (Å²) in [6, 6.07) is 10.5. The molecule has 0 radical (unpaired) electrons. The molecule has 1 atom stereocenters. The van der Waals surface area contributed by atoms with Crippen molar-refractivity contribution in [2.45, 2.75) is 19.9 Å². The number of carbonyl (C=O) groups excluding carboxylic acids is 2. The van der Waals surface area contributed by atoms with Crippen molar-refractivity contribution in [3.63, 3.8) is 0 Å². The van der Waals surface area contributed by atoms with E-state index >= 15 is 0 Å². The number of nitrogens with one attached hydrogen (secondary N) is 2. The van der Waals surface area contributed by atoms with Gasteiger partial charge in [-0.15, -0.1) is 22.7 Å². The lowest BCUT2D eigenvalue weighted by Crippen LogP contribution is -2.46. The summed E-state index contributed by atoms with van der Waals surface area (Å²) in [4.78, 5) is 31.2. The molecule has 0 saturated heterocycles. The first kappa shape index (κ1) is 19.4. The number of thiazole rings is 1. The zero-order valence-electron chi connectivity index (χ0n) is 16.0. The topological polar surface area (TPSA) is 75.5 Å². The molecule has 3 aromatic heterocycles. The summed E-state index contributed by atoms with van der Waals surface area (Å²) in [5, 5.41) is 9.57. The van der Waals surface area contributed by atoms with Gasteiger partial charge in [0.05, 0.1) is 10.6 Å². The fourth-order valence-electron chi connectivity index (χ4n) is 2.97. The summed E-state index contributed by atoms with van der Waals surface area (Å²) < 4.78 is 1.99. The Morgan fingerprint density at radius 2 is 1.86 bits per heavy atom. The number of fused-ring (bicyclic) bond motifs is 1. The summed E-state index contributed by atoms with van der Waals surface area (Å²) in [7, 11) is 0. The molecule has 0 fully saturated rings. The van der Waals surface area contributed by atoms with Gasteiger partial charge in [0, 0.05) is 29.0 Å². The number of thiophene rings is 1. The highest BCUT2D eigenvalue weighted by Crippen LogP contribution is 2.23. The summed E-state index contributed by atoms with van der Waals surface area (Å²) >= 11 is 2.94. The van der Waals surface area contributed by atoms with Crippen LogP contribution in [0.4, 0.5) is 5.69 Å². The van der Waals surface area contributed by atoms with Gasteiger partial charge < -0.3 is 10.6 Å². The first-order valence-corrected chi connectivity index (χ1v) is 10.9. The van der Waals surface area contributed by atoms with Gasteiger partial charge in [-0.05, 0) is 29.5 Å². The number of imidazole rings is 1. The first-order chi connectivity index (χ1) is 14.0. The van der Waals surface area contributed by atoms with E-state index in [9.17, 15) is 9.59 Å². The smallest absolute Gasteiger partial charge is 0.262 e. The van der Waals surface area contributed by atoms with Gasteiger partial charge in [0.15, 0.2) is 4.96 Å². The van der Waals surface area contributed by atoms with Gasteiger partial charge in [-0.3, -0.25) is 14.0 Å². The van der Waals surface area contributed by atoms with Crippen LogP contribution in [0.5, 0.6) is 0 Å². The van der Waals surface area contributed by atoms with Crippen molar-refractivity contribution in [3.8, 4) is 11.3 Å². The highest BCUT2D eigenvalue weighted by molar-refractivity contribution is 7.15. The molecule has 1 unspecified atom stereocenters. The fraction of sp³-hybridized carbons (Fsp3) is 0.190. The molecule has 2 N–H and O–H groups in total. The Balaban J connectivity index is 1.44. The van der Waals surface area contributed by atoms with Gasteiger partial charge in [-0.1, -0.05) is 32.0 Å². The van der Waals surface area contributed by atoms with Crippen LogP contribution in [0, 0.1) is 5.92 Å². The van der Waals surface area contributed by atoms with Gasteiger partial charge in [-0.2, -0.15) is 0 Å². The molecular formula is C21H20N4O2S2. The molecule has 3 heterocycles. The molecule has 0 spiro atoms. The summed E-state index contributed by atoms with van der Waals surface area (Å²) in [5.74, 6) is -0.513. The number of anilines is 1. The Kier molecular flexibility index (Phi) is 5.46. The number of nitrogens with zero attached hydrogens (tertiary/aromatic N) is 2. The quantitative estimate of drug-likeness (QED) is 0.478. The van der Waals surface area contributed by atoms with Gasteiger partial charge in [0.1, 0.15) is 6.04 Å². The number of carbonyl (C=O) groups is 2. The maximum absolute atomic E-state index is 12.8. The number of hydrogen-bond acceptors (Lipinski definition) is 5. The van der Waals surface area contributed by atoms with Crippen molar-refractivity contribution in [1.29, 1.82) is 0 Å². The third-order valence-corrected chi connectivity index (χ3v) is 6.16. The van der Waals surface area contributed by atoms with Crippen LogP contribution in [0.15, 0.2) is 59.6 Å². The predicted molar refractivity (Wildman–Crippen MR) is 118 cm³/mol. The second-order valence-electron chi connectivity index (χ2n) is 6.96. The SMILES string of the molecule is CC(C)C(NC(=O)c1cccs1)C(=O)Nc1ccc(-c2cn3ccsc3n2)cc1. The maximum atomic E-state index is 12.8. The minimum Gasteiger partial charge on any atom is -0.339 e. The molecule has 2 amide bonds. The van der Waals surface area contributed by atoms with Crippen LogP contribution in [0.25, 0.3) is 16.2 Å². The van der Waals surface area contributed by atoms with E-state index in [2.05, 4.69) is 15.6 Å². The van der Waals surface area contributed by atoms with Crippen molar-refractivity contribution in [1.82, 2.24) is 14.7 Å². The fourth-order valence-corrected chi connectivity index (χ4v) is 4.29. The lowest BCUT2D eigenvalue weighted by Gasteiger charge is -2.21. The van der Waals surface area contributed by atoms with Crippen LogP contribution >= 0.6 is 22.7 Å². The number of rotatable bonds is 6. The molecular weight excluding hydrogens is 404 g/mol. The average molecular weight is 425 g/mol. The van der Waals surface area contributed by atoms with Crippen LogP contribution in [-0.2, 0) is 4.79 Å². The normalized spacial score (nSPS) is 12.2. The van der Waals surface area contributed by atoms with E-state index in [1.165, 1.54) is 11.3 Å². The molecule has 0 bridgehead atoms. The Morgan fingerprint density at radius 1 is 1.07 bits per heavy atom. The monoisotopic (exact) mass is 424 g/mol. The van der Waals surface area contributed by atoms with E-state index < -0.39 is 6.04 Å². The molecule has 8 heteroatoms. The van der Waals surface area contributed by atoms with E-state index in [0.717, 1.165) is 16.2 Å². The van der Waals surface area contributed by atoms with Crippen molar-refractivity contribution in [2.75, 3.05) is 5.32 Å². The molecule has 29 heavy (non-hydrogen) atoms. The molecule has 0 saturated carbocycles. The van der Waals surface area contributed by atoms with Crippen LogP contribution in [0.1, 0.15) is 23.5 Å². The lowest BCUT2D eigenvalue weighted by molar-refractivity contribution is -0.118. The molecule has 0 aliphatic carbocycles. The Bertz CT molecular complexity index is 1100. The van der Waals surface area contributed by atoms with Crippen LogP contribution in [0.2, 0.25) is 0 Å². The maximum Gasteiger partial charge on any atom is 0.262 e. The standard InChI is InChI=1S/C21H20N4O2S2/c1-13(2)18(24-19(26)17-4-3-10-28-17)20(27)22-15-7-5-14(6-8-15)16-12-25-9-11-29-21(25)23-16/h3-13,18H,1-2H3,(H,22,27)(H,24,26). The highest BCUT2D eigenvalue weighted by atomic mass is 32.1. The summed E-state index contributed by atoms with van der Waals surface area (Å²) in [6.07, 6.45) is 3.95. The van der Waals surface area contributed by atoms with Crippen LogP contribution in [0.3, 0.4) is 0 Å². The predicted octanol–water partition coefficient (Wildman–Crippen LogP) is 4.52. The number of hydrogen-bond donors (Lipinski definition) is 2. The van der Waals surface area contributed by atoms with Gasteiger partial charge >= 0.3 is 0 Å². The molecule has 0 aliphatic rings.